The topological polar surface area (TPSA) is 134 Å². The Balaban J connectivity index is 1.35. The molecule has 1 aliphatic rings. The van der Waals surface area contributed by atoms with Crippen molar-refractivity contribution in [3.8, 4) is 23.2 Å². The molecular formula is C27H28N10O. The van der Waals surface area contributed by atoms with E-state index in [9.17, 15) is 5.26 Å². The smallest absolute Gasteiger partial charge is 0.213 e. The molecule has 0 amide bonds. The van der Waals surface area contributed by atoms with Crippen molar-refractivity contribution in [3.63, 3.8) is 0 Å². The summed E-state index contributed by atoms with van der Waals surface area (Å²) in [6.45, 7) is 4.44. The van der Waals surface area contributed by atoms with Crippen molar-refractivity contribution in [2.75, 3.05) is 45.2 Å². The van der Waals surface area contributed by atoms with Crippen molar-refractivity contribution in [1.29, 1.82) is 5.26 Å². The minimum atomic E-state index is 0.438. The van der Waals surface area contributed by atoms with E-state index in [1.807, 2.05) is 24.3 Å². The molecule has 0 unspecified atom stereocenters. The lowest BCUT2D eigenvalue weighted by Gasteiger charge is -2.35. The summed E-state index contributed by atoms with van der Waals surface area (Å²) in [5.41, 5.74) is 10.7. The molecule has 0 spiro atoms. The molecule has 0 aliphatic carbocycles. The number of aliphatic imine (C=N–C) groups is 1. The Morgan fingerprint density at radius 2 is 2.03 bits per heavy atom. The average Bonchev–Trinajstić information content (AvgIpc) is 3.39. The molecule has 0 aromatic carbocycles. The fraction of sp³-hybridized carbons (Fsp3) is 0.259. The van der Waals surface area contributed by atoms with Crippen LogP contribution in [0.2, 0.25) is 0 Å². The van der Waals surface area contributed by atoms with E-state index in [-0.39, 0.29) is 0 Å². The molecule has 192 valence electrons. The number of nitrogens with two attached hydrogens (primary N) is 1. The zero-order valence-electron chi connectivity index (χ0n) is 21.3. The monoisotopic (exact) mass is 508 g/mol. The number of hydrogen-bond acceptors (Lipinski definition) is 10. The second-order valence-electron chi connectivity index (χ2n) is 8.82. The van der Waals surface area contributed by atoms with Gasteiger partial charge >= 0.3 is 0 Å². The van der Waals surface area contributed by atoms with Gasteiger partial charge in [0.1, 0.15) is 23.0 Å². The molecule has 5 rings (SSSR count). The minimum absolute atomic E-state index is 0.438. The molecule has 4 aromatic rings. The molecule has 0 radical (unpaired) electrons. The van der Waals surface area contributed by atoms with Gasteiger partial charge in [0.05, 0.1) is 30.9 Å². The highest BCUT2D eigenvalue weighted by atomic mass is 16.5. The van der Waals surface area contributed by atoms with Crippen molar-refractivity contribution >= 4 is 23.1 Å². The molecule has 0 bridgehead atoms. The first-order valence-electron chi connectivity index (χ1n) is 12.2. The number of methoxy groups -OCH3 is 1. The van der Waals surface area contributed by atoms with Crippen molar-refractivity contribution in [2.24, 2.45) is 10.7 Å². The fourth-order valence-corrected chi connectivity index (χ4v) is 4.54. The van der Waals surface area contributed by atoms with E-state index in [4.69, 9.17) is 20.4 Å². The van der Waals surface area contributed by atoms with Gasteiger partial charge in [-0.2, -0.15) is 10.4 Å². The largest absolute Gasteiger partial charge is 0.481 e. The second kappa shape index (κ2) is 11.1. The lowest BCUT2D eigenvalue weighted by atomic mass is 10.1. The highest BCUT2D eigenvalue weighted by molar-refractivity contribution is 6.09. The number of piperazine rings is 1. The van der Waals surface area contributed by atoms with Crippen LogP contribution in [0.1, 0.15) is 16.8 Å². The Morgan fingerprint density at radius 3 is 2.71 bits per heavy atom. The third-order valence-corrected chi connectivity index (χ3v) is 6.49. The standard InChI is InChI=1S/C27H28N10O/c1-30-14-21(12-28)23-18-37-27(22(13-29)16-33-37)26(34-23)20-3-4-24(32-15-20)36-9-7-35(8-10-36)17-19-5-6-31-25(11-19)38-2/h3-6,11-12,14-16,18H,7-10,17,28H2,1-2H3. The van der Waals surface area contributed by atoms with Crippen LogP contribution in [-0.2, 0) is 6.54 Å². The predicted octanol–water partition coefficient (Wildman–Crippen LogP) is 2.39. The molecule has 1 fully saturated rings. The Kier molecular flexibility index (Phi) is 7.24. The number of aromatic nitrogens is 5. The molecule has 0 atom stereocenters. The molecule has 11 heteroatoms. The third kappa shape index (κ3) is 5.02. The maximum Gasteiger partial charge on any atom is 0.213 e. The highest BCUT2D eigenvalue weighted by Gasteiger charge is 2.20. The number of fused-ring (bicyclic) bond motifs is 1. The van der Waals surface area contributed by atoms with Crippen LogP contribution < -0.4 is 15.4 Å². The van der Waals surface area contributed by atoms with E-state index in [1.54, 1.807) is 43.5 Å². The maximum absolute atomic E-state index is 9.64. The summed E-state index contributed by atoms with van der Waals surface area (Å²) in [6, 6.07) is 10.2. The van der Waals surface area contributed by atoms with Crippen molar-refractivity contribution in [2.45, 2.75) is 6.54 Å². The maximum atomic E-state index is 9.64. The molecule has 0 saturated carbocycles. The van der Waals surface area contributed by atoms with Crippen molar-refractivity contribution < 1.29 is 4.74 Å². The van der Waals surface area contributed by atoms with Crippen LogP contribution in [0.25, 0.3) is 22.3 Å². The van der Waals surface area contributed by atoms with Gasteiger partial charge in [-0.1, -0.05) is 0 Å². The molecular weight excluding hydrogens is 480 g/mol. The van der Waals surface area contributed by atoms with Crippen molar-refractivity contribution in [3.05, 3.63) is 72.1 Å². The van der Waals surface area contributed by atoms with Gasteiger partial charge in [-0.25, -0.2) is 19.5 Å². The number of hydrogen-bond donors (Lipinski definition) is 1. The van der Waals surface area contributed by atoms with E-state index in [0.29, 0.717) is 33.9 Å². The minimum Gasteiger partial charge on any atom is -0.481 e. The highest BCUT2D eigenvalue weighted by Crippen LogP contribution is 2.28. The summed E-state index contributed by atoms with van der Waals surface area (Å²) in [5.74, 6) is 1.54. The Bertz CT molecular complexity index is 1530. The van der Waals surface area contributed by atoms with Gasteiger partial charge in [0.15, 0.2) is 0 Å². The van der Waals surface area contributed by atoms with Crippen LogP contribution in [0, 0.1) is 11.3 Å². The zero-order valence-corrected chi connectivity index (χ0v) is 21.3. The number of allylic oxidation sites excluding steroid dienone is 1. The molecule has 38 heavy (non-hydrogen) atoms. The number of rotatable bonds is 7. The van der Waals surface area contributed by atoms with Crippen LogP contribution >= 0.6 is 0 Å². The van der Waals surface area contributed by atoms with Gasteiger partial charge < -0.3 is 15.4 Å². The summed E-state index contributed by atoms with van der Waals surface area (Å²) in [6.07, 6.45) is 9.94. The van der Waals surface area contributed by atoms with Crippen molar-refractivity contribution in [1.82, 2.24) is 29.5 Å². The molecule has 1 aliphatic heterocycles. The van der Waals surface area contributed by atoms with E-state index < -0.39 is 0 Å². The SMILES string of the molecule is CN=CC(=CN)c1cn2ncc(C#N)c2c(-c2ccc(N3CCN(Cc4ccnc(OC)c4)CC3)nc2)n1. The van der Waals surface area contributed by atoms with Gasteiger partial charge in [-0.05, 0) is 23.8 Å². The van der Waals surface area contributed by atoms with E-state index in [1.165, 1.54) is 18.0 Å². The lowest BCUT2D eigenvalue weighted by Crippen LogP contribution is -2.46. The Hall–Kier alpha value is -4.82. The van der Waals surface area contributed by atoms with Crippen LogP contribution in [0.15, 0.2) is 60.2 Å². The predicted molar refractivity (Wildman–Crippen MR) is 146 cm³/mol. The molecule has 2 N–H and O–H groups in total. The zero-order chi connectivity index (χ0) is 26.5. The molecule has 11 nitrogen and oxygen atoms in total. The fourth-order valence-electron chi connectivity index (χ4n) is 4.54. The van der Waals surface area contributed by atoms with Crippen LogP contribution in [0.5, 0.6) is 5.88 Å². The van der Waals surface area contributed by atoms with Crippen LogP contribution in [0.4, 0.5) is 5.82 Å². The molecule has 5 heterocycles. The lowest BCUT2D eigenvalue weighted by molar-refractivity contribution is 0.249. The number of nitriles is 1. The van der Waals surface area contributed by atoms with E-state index >= 15 is 0 Å². The quantitative estimate of drug-likeness (QED) is 0.373. The third-order valence-electron chi connectivity index (χ3n) is 6.49. The van der Waals surface area contributed by atoms with E-state index in [0.717, 1.165) is 44.1 Å². The summed E-state index contributed by atoms with van der Waals surface area (Å²) >= 11 is 0. The van der Waals surface area contributed by atoms with Gasteiger partial charge in [-0.3, -0.25) is 9.89 Å². The number of anilines is 1. The summed E-state index contributed by atoms with van der Waals surface area (Å²) in [5, 5.41) is 14.0. The average molecular weight is 509 g/mol. The van der Waals surface area contributed by atoms with Gasteiger partial charge in [-0.15, -0.1) is 0 Å². The first kappa shape index (κ1) is 24.9. The molecule has 1 saturated heterocycles. The first-order chi connectivity index (χ1) is 18.6. The second-order valence-corrected chi connectivity index (χ2v) is 8.82. The Labute approximate surface area is 220 Å². The normalized spacial score (nSPS) is 14.8. The van der Waals surface area contributed by atoms with Crippen LogP contribution in [0.3, 0.4) is 0 Å². The first-order valence-corrected chi connectivity index (χ1v) is 12.2. The molecule has 4 aromatic heterocycles. The van der Waals surface area contributed by atoms with E-state index in [2.05, 4.69) is 30.9 Å². The van der Waals surface area contributed by atoms with Gasteiger partial charge in [0.2, 0.25) is 5.88 Å². The summed E-state index contributed by atoms with van der Waals surface area (Å²) < 4.78 is 6.89. The number of nitrogens with zero attached hydrogens (tertiary/aromatic N) is 9. The van der Waals surface area contributed by atoms with Crippen LogP contribution in [-0.4, -0.2) is 76.0 Å². The van der Waals surface area contributed by atoms with Gasteiger partial charge in [0.25, 0.3) is 0 Å². The number of ether oxygens (including phenoxy) is 1. The summed E-state index contributed by atoms with van der Waals surface area (Å²) in [7, 11) is 3.30. The number of pyridine rings is 2. The summed E-state index contributed by atoms with van der Waals surface area (Å²) in [4.78, 5) is 22.5. The van der Waals surface area contributed by atoms with Gasteiger partial charge in [0, 0.05) is 81.8 Å². The Morgan fingerprint density at radius 1 is 1.18 bits per heavy atom.